The summed E-state index contributed by atoms with van der Waals surface area (Å²) in [5.41, 5.74) is 11.6. The van der Waals surface area contributed by atoms with Gasteiger partial charge in [-0.25, -0.2) is 0 Å². The summed E-state index contributed by atoms with van der Waals surface area (Å²) in [6.45, 7) is 20.5. The topological polar surface area (TPSA) is 18.5 Å². The van der Waals surface area contributed by atoms with Crippen LogP contribution in [0.5, 0.6) is 11.5 Å². The van der Waals surface area contributed by atoms with Gasteiger partial charge in [-0.2, -0.15) is 0 Å². The van der Waals surface area contributed by atoms with Crippen LogP contribution in [0.25, 0.3) is 0 Å². The molecular weight excluding hydrogens is 586 g/mol. The highest BCUT2D eigenvalue weighted by atomic mass is 31.1. The van der Waals surface area contributed by atoms with Gasteiger partial charge in [0.2, 0.25) is 0 Å². The Morgan fingerprint density at radius 3 is 1.27 bits per heavy atom. The third kappa shape index (κ3) is 7.04. The van der Waals surface area contributed by atoms with E-state index in [4.69, 9.17) is 9.47 Å². The molecule has 1 fully saturated rings. The zero-order chi connectivity index (χ0) is 32.6. The molecule has 2 unspecified atom stereocenters. The van der Waals surface area contributed by atoms with Gasteiger partial charge in [0.05, 0.1) is 14.2 Å². The number of ether oxygens (including phenoxy) is 2. The lowest BCUT2D eigenvalue weighted by atomic mass is 10.0. The number of benzene rings is 4. The molecule has 5 rings (SSSR count). The van der Waals surface area contributed by atoms with Crippen molar-refractivity contribution in [1.82, 2.24) is 0 Å². The van der Waals surface area contributed by atoms with Crippen LogP contribution in [0.2, 0.25) is 0 Å². The minimum Gasteiger partial charge on any atom is -0.496 e. The van der Waals surface area contributed by atoms with Crippen LogP contribution in [-0.2, 0) is 0 Å². The largest absolute Gasteiger partial charge is 0.496 e. The van der Waals surface area contributed by atoms with Crippen LogP contribution in [0, 0.1) is 61.3 Å². The van der Waals surface area contributed by atoms with Gasteiger partial charge >= 0.3 is 0 Å². The van der Waals surface area contributed by atoms with Crippen molar-refractivity contribution in [1.29, 1.82) is 0 Å². The minimum atomic E-state index is -0.612. The molecule has 0 heterocycles. The summed E-state index contributed by atoms with van der Waals surface area (Å²) >= 11 is 0. The summed E-state index contributed by atoms with van der Waals surface area (Å²) in [6.07, 6.45) is 3.86. The first-order valence-corrected chi connectivity index (χ1v) is 19.3. The van der Waals surface area contributed by atoms with Crippen molar-refractivity contribution in [3.8, 4) is 11.5 Å². The average molecular weight is 639 g/mol. The maximum absolute atomic E-state index is 5.83. The first-order valence-electron chi connectivity index (χ1n) is 16.5. The summed E-state index contributed by atoms with van der Waals surface area (Å²) in [5, 5.41) is 6.02. The summed E-state index contributed by atoms with van der Waals surface area (Å²) in [5.74, 6) is 2.66. The van der Waals surface area contributed by atoms with Crippen molar-refractivity contribution >= 4 is 37.1 Å². The number of methoxy groups -OCH3 is 2. The highest BCUT2D eigenvalue weighted by molar-refractivity contribution is 7.74. The van der Waals surface area contributed by atoms with Gasteiger partial charge < -0.3 is 9.47 Å². The van der Waals surface area contributed by atoms with E-state index >= 15 is 0 Å². The minimum absolute atomic E-state index is 0.547. The predicted molar refractivity (Wildman–Crippen MR) is 200 cm³/mol. The third-order valence-corrected chi connectivity index (χ3v) is 15.5. The lowest BCUT2D eigenvalue weighted by molar-refractivity contribution is 0.408. The van der Waals surface area contributed by atoms with E-state index in [0.29, 0.717) is 17.2 Å². The van der Waals surface area contributed by atoms with Crippen molar-refractivity contribution < 1.29 is 9.47 Å². The second-order valence-corrected chi connectivity index (χ2v) is 18.6. The molecule has 0 spiro atoms. The zero-order valence-corrected chi connectivity index (χ0v) is 31.1. The van der Waals surface area contributed by atoms with E-state index in [1.165, 1.54) is 85.0 Å². The second-order valence-electron chi connectivity index (χ2n) is 13.6. The van der Waals surface area contributed by atoms with E-state index in [9.17, 15) is 0 Å². The molecule has 2 nitrogen and oxygen atoms in total. The van der Waals surface area contributed by atoms with Crippen molar-refractivity contribution in [2.45, 2.75) is 92.9 Å². The molecule has 4 aromatic carbocycles. The Morgan fingerprint density at radius 1 is 0.533 bits per heavy atom. The van der Waals surface area contributed by atoms with E-state index in [-0.39, 0.29) is 0 Å². The van der Waals surface area contributed by atoms with Crippen LogP contribution in [0.3, 0.4) is 0 Å². The maximum atomic E-state index is 5.83. The van der Waals surface area contributed by atoms with Crippen molar-refractivity contribution in [3.63, 3.8) is 0 Å². The Morgan fingerprint density at radius 2 is 0.911 bits per heavy atom. The summed E-state index contributed by atoms with van der Waals surface area (Å²) in [7, 11) is 2.43. The molecule has 0 amide bonds. The van der Waals surface area contributed by atoms with Gasteiger partial charge in [-0.05, 0) is 169 Å². The van der Waals surface area contributed by atoms with E-state index in [1.54, 1.807) is 14.2 Å². The zero-order valence-electron chi connectivity index (χ0n) is 29.3. The molecule has 4 aromatic rings. The molecule has 0 N–H and O–H groups in total. The first kappa shape index (κ1) is 33.7. The van der Waals surface area contributed by atoms with E-state index in [0.717, 1.165) is 11.5 Å². The van der Waals surface area contributed by atoms with Gasteiger partial charge in [0, 0.05) is 0 Å². The van der Waals surface area contributed by atoms with Crippen LogP contribution in [0.4, 0.5) is 0 Å². The number of aryl methyl sites for hydroxylation is 8. The molecule has 4 heteroatoms. The van der Waals surface area contributed by atoms with Crippen LogP contribution in [-0.4, -0.2) is 25.5 Å². The molecule has 0 radical (unpaired) electrons. The standard InChI is InChI=1S/C41H52O2P2/c1-25-15-26(2)18-34(17-25)44(35-19-27(3)16-28(4)20-35)33(9)38-13-12-14-39(38)45(36-21-29(5)40(42-10)30(6)22-36)37-23-31(7)41(43-11)32(8)24-37/h15-24,33,38-39H,12-14H2,1-11H3/t33-,38?,39?/m1/s1. The molecule has 1 saturated carbocycles. The number of hydrogen-bond donors (Lipinski definition) is 0. The van der Waals surface area contributed by atoms with Gasteiger partial charge in [-0.3, -0.25) is 0 Å². The molecule has 0 bridgehead atoms. The molecule has 3 atom stereocenters. The van der Waals surface area contributed by atoms with Gasteiger partial charge in [-0.1, -0.05) is 72.0 Å². The maximum Gasteiger partial charge on any atom is 0.124 e. The molecule has 1 aliphatic rings. The fourth-order valence-corrected chi connectivity index (χ4v) is 15.3. The molecule has 45 heavy (non-hydrogen) atoms. The second kappa shape index (κ2) is 14.0. The van der Waals surface area contributed by atoms with Crippen LogP contribution < -0.4 is 30.7 Å². The van der Waals surface area contributed by atoms with Crippen LogP contribution >= 0.6 is 15.8 Å². The third-order valence-electron chi connectivity index (χ3n) is 9.71. The highest BCUT2D eigenvalue weighted by Gasteiger charge is 2.41. The van der Waals surface area contributed by atoms with Crippen molar-refractivity contribution in [2.24, 2.45) is 5.92 Å². The summed E-state index contributed by atoms with van der Waals surface area (Å²) in [6, 6.07) is 24.3. The molecule has 0 aromatic heterocycles. The van der Waals surface area contributed by atoms with Crippen LogP contribution in [0.15, 0.2) is 60.7 Å². The lowest BCUT2D eigenvalue weighted by Crippen LogP contribution is -2.33. The monoisotopic (exact) mass is 638 g/mol. The summed E-state index contributed by atoms with van der Waals surface area (Å²) in [4.78, 5) is 0. The molecule has 1 aliphatic carbocycles. The molecule has 238 valence electrons. The van der Waals surface area contributed by atoms with E-state index in [2.05, 4.69) is 123 Å². The summed E-state index contributed by atoms with van der Waals surface area (Å²) < 4.78 is 11.7. The van der Waals surface area contributed by atoms with Crippen LogP contribution in [0.1, 0.15) is 70.7 Å². The fourth-order valence-electron chi connectivity index (χ4n) is 8.15. The fraction of sp³-hybridized carbons (Fsp3) is 0.415. The lowest BCUT2D eigenvalue weighted by Gasteiger charge is -2.38. The molecular formula is C41H52O2P2. The predicted octanol–water partition coefficient (Wildman–Crippen LogP) is 9.29. The highest BCUT2D eigenvalue weighted by Crippen LogP contribution is 2.57. The van der Waals surface area contributed by atoms with Gasteiger partial charge in [0.1, 0.15) is 11.5 Å². The van der Waals surface area contributed by atoms with Gasteiger partial charge in [0.25, 0.3) is 0 Å². The van der Waals surface area contributed by atoms with E-state index in [1.807, 2.05) is 0 Å². The Kier molecular flexibility index (Phi) is 10.5. The normalized spacial score (nSPS) is 17.3. The average Bonchev–Trinajstić information content (AvgIpc) is 3.41. The quantitative estimate of drug-likeness (QED) is 0.170. The smallest absolute Gasteiger partial charge is 0.124 e. The van der Waals surface area contributed by atoms with Gasteiger partial charge in [-0.15, -0.1) is 0 Å². The Labute approximate surface area is 275 Å². The first-order chi connectivity index (χ1) is 21.4. The van der Waals surface area contributed by atoms with Crippen molar-refractivity contribution in [2.75, 3.05) is 14.2 Å². The Hall–Kier alpha value is -2.66. The SMILES string of the molecule is COc1c(C)cc(P(c2cc(C)c(OC)c(C)c2)C2CCCC2[C@@H](C)P(c2cc(C)cc(C)c2)c2cc(C)cc(C)c2)cc1C. The van der Waals surface area contributed by atoms with Gasteiger partial charge in [0.15, 0.2) is 0 Å². The number of hydrogen-bond acceptors (Lipinski definition) is 2. The van der Waals surface area contributed by atoms with Crippen molar-refractivity contribution in [3.05, 3.63) is 105 Å². The number of rotatable bonds is 9. The Bertz CT molecular complexity index is 1490. The Balaban J connectivity index is 1.68. The molecule has 0 aliphatic heterocycles. The molecule has 0 saturated heterocycles. The van der Waals surface area contributed by atoms with E-state index < -0.39 is 15.8 Å².